The van der Waals surface area contributed by atoms with E-state index in [1.807, 2.05) is 13.8 Å². The summed E-state index contributed by atoms with van der Waals surface area (Å²) in [6, 6.07) is 8.86. The van der Waals surface area contributed by atoms with Crippen LogP contribution in [0.1, 0.15) is 45.7 Å². The molecule has 1 aromatic carbocycles. The summed E-state index contributed by atoms with van der Waals surface area (Å²) >= 11 is 1.70. The highest BCUT2D eigenvalue weighted by molar-refractivity contribution is 7.99. The normalized spacial score (nSPS) is 13.0. The summed E-state index contributed by atoms with van der Waals surface area (Å²) < 4.78 is 4.85. The first kappa shape index (κ1) is 18.1. The molecule has 1 atom stereocenters. The second kappa shape index (κ2) is 8.44. The molecule has 0 aliphatic carbocycles. The van der Waals surface area contributed by atoms with Crippen molar-refractivity contribution in [2.24, 2.45) is 5.41 Å². The molecule has 0 amide bonds. The Kier molecular flexibility index (Phi) is 7.26. The standard InChI is InChI=1S/C17H27NO2S/c1-6-10-18-13(2)14-8-7-9-15(11-14)21-12-17(3,4)16(19)20-5/h7-9,11,13,18H,6,10,12H2,1-5H3. The molecule has 0 saturated heterocycles. The van der Waals surface area contributed by atoms with Crippen LogP contribution in [0.3, 0.4) is 0 Å². The van der Waals surface area contributed by atoms with Crippen molar-refractivity contribution in [1.82, 2.24) is 5.32 Å². The van der Waals surface area contributed by atoms with Gasteiger partial charge < -0.3 is 10.1 Å². The van der Waals surface area contributed by atoms with E-state index in [0.29, 0.717) is 11.8 Å². The Bertz CT molecular complexity index is 460. The number of rotatable bonds is 8. The summed E-state index contributed by atoms with van der Waals surface area (Å²) in [6.07, 6.45) is 1.13. The lowest BCUT2D eigenvalue weighted by molar-refractivity contribution is -0.149. The van der Waals surface area contributed by atoms with Crippen LogP contribution in [0.5, 0.6) is 0 Å². The monoisotopic (exact) mass is 309 g/mol. The highest BCUT2D eigenvalue weighted by Crippen LogP contribution is 2.30. The van der Waals surface area contributed by atoms with Crippen molar-refractivity contribution < 1.29 is 9.53 Å². The van der Waals surface area contributed by atoms with E-state index in [1.54, 1.807) is 11.8 Å². The van der Waals surface area contributed by atoms with E-state index in [0.717, 1.165) is 13.0 Å². The Balaban J connectivity index is 2.66. The molecule has 1 N–H and O–H groups in total. The lowest BCUT2D eigenvalue weighted by Gasteiger charge is -2.21. The van der Waals surface area contributed by atoms with Crippen molar-refractivity contribution in [1.29, 1.82) is 0 Å². The fourth-order valence-electron chi connectivity index (χ4n) is 1.95. The van der Waals surface area contributed by atoms with Gasteiger partial charge in [0.15, 0.2) is 0 Å². The fraction of sp³-hybridized carbons (Fsp3) is 0.588. The number of methoxy groups -OCH3 is 1. The topological polar surface area (TPSA) is 38.3 Å². The lowest BCUT2D eigenvalue weighted by Crippen LogP contribution is -2.28. The average molecular weight is 309 g/mol. The fourth-order valence-corrected chi connectivity index (χ4v) is 2.99. The van der Waals surface area contributed by atoms with Crippen molar-refractivity contribution in [2.75, 3.05) is 19.4 Å². The van der Waals surface area contributed by atoms with Crippen LogP contribution in [0.4, 0.5) is 0 Å². The van der Waals surface area contributed by atoms with Gasteiger partial charge in [-0.05, 0) is 51.4 Å². The third-order valence-corrected chi connectivity index (χ3v) is 4.85. The molecule has 0 saturated carbocycles. The zero-order valence-corrected chi connectivity index (χ0v) is 14.5. The van der Waals surface area contributed by atoms with Crippen LogP contribution in [-0.4, -0.2) is 25.4 Å². The number of hydrogen-bond donors (Lipinski definition) is 1. The van der Waals surface area contributed by atoms with Gasteiger partial charge in [-0.15, -0.1) is 11.8 Å². The molecule has 0 aliphatic rings. The van der Waals surface area contributed by atoms with Gasteiger partial charge in [0.1, 0.15) is 0 Å². The molecule has 1 unspecified atom stereocenters. The molecule has 0 aromatic heterocycles. The van der Waals surface area contributed by atoms with Gasteiger partial charge in [0.25, 0.3) is 0 Å². The van der Waals surface area contributed by atoms with Gasteiger partial charge in [0.2, 0.25) is 0 Å². The quantitative estimate of drug-likeness (QED) is 0.581. The van der Waals surface area contributed by atoms with Crippen molar-refractivity contribution in [3.05, 3.63) is 29.8 Å². The van der Waals surface area contributed by atoms with E-state index >= 15 is 0 Å². The van der Waals surface area contributed by atoms with Crippen molar-refractivity contribution in [3.8, 4) is 0 Å². The minimum Gasteiger partial charge on any atom is -0.469 e. The van der Waals surface area contributed by atoms with Crippen LogP contribution < -0.4 is 5.32 Å². The number of benzene rings is 1. The third kappa shape index (κ3) is 5.71. The largest absolute Gasteiger partial charge is 0.469 e. The van der Waals surface area contributed by atoms with Gasteiger partial charge in [0.05, 0.1) is 12.5 Å². The first-order chi connectivity index (χ1) is 9.90. The molecule has 21 heavy (non-hydrogen) atoms. The second-order valence-corrected chi connectivity index (χ2v) is 6.96. The zero-order valence-electron chi connectivity index (χ0n) is 13.7. The maximum atomic E-state index is 11.7. The van der Waals surface area contributed by atoms with E-state index in [-0.39, 0.29) is 5.97 Å². The summed E-state index contributed by atoms with van der Waals surface area (Å²) in [6.45, 7) is 9.20. The first-order valence-electron chi connectivity index (χ1n) is 7.45. The molecule has 3 nitrogen and oxygen atoms in total. The number of ether oxygens (including phenoxy) is 1. The number of carbonyl (C=O) groups excluding carboxylic acids is 1. The van der Waals surface area contributed by atoms with E-state index in [1.165, 1.54) is 17.6 Å². The molecule has 0 heterocycles. The van der Waals surface area contributed by atoms with Crippen LogP contribution in [0.2, 0.25) is 0 Å². The Morgan fingerprint density at radius 3 is 2.76 bits per heavy atom. The molecule has 4 heteroatoms. The summed E-state index contributed by atoms with van der Waals surface area (Å²) in [7, 11) is 1.44. The molecule has 1 aromatic rings. The summed E-state index contributed by atoms with van der Waals surface area (Å²) in [4.78, 5) is 12.9. The van der Waals surface area contributed by atoms with Crippen molar-refractivity contribution in [3.63, 3.8) is 0 Å². The highest BCUT2D eigenvalue weighted by atomic mass is 32.2. The lowest BCUT2D eigenvalue weighted by atomic mass is 9.97. The van der Waals surface area contributed by atoms with E-state index in [2.05, 4.69) is 43.4 Å². The minimum absolute atomic E-state index is 0.163. The summed E-state index contributed by atoms with van der Waals surface area (Å²) in [5.74, 6) is 0.545. The van der Waals surface area contributed by atoms with Gasteiger partial charge in [-0.2, -0.15) is 0 Å². The molecule has 1 rings (SSSR count). The number of carbonyl (C=O) groups is 1. The van der Waals surface area contributed by atoms with E-state index in [4.69, 9.17) is 4.74 Å². The smallest absolute Gasteiger partial charge is 0.312 e. The SMILES string of the molecule is CCCNC(C)c1cccc(SCC(C)(C)C(=O)OC)c1. The first-order valence-corrected chi connectivity index (χ1v) is 8.44. The van der Waals surface area contributed by atoms with Crippen molar-refractivity contribution >= 4 is 17.7 Å². The van der Waals surface area contributed by atoms with Crippen molar-refractivity contribution in [2.45, 2.75) is 45.1 Å². The van der Waals surface area contributed by atoms with Crippen LogP contribution >= 0.6 is 11.8 Å². The van der Waals surface area contributed by atoms with Gasteiger partial charge >= 0.3 is 5.97 Å². The minimum atomic E-state index is -0.471. The van der Waals surface area contributed by atoms with Gasteiger partial charge in [-0.25, -0.2) is 0 Å². The predicted molar refractivity (Wildman–Crippen MR) is 89.7 cm³/mol. The Morgan fingerprint density at radius 2 is 2.14 bits per heavy atom. The zero-order chi connectivity index (χ0) is 15.9. The van der Waals surface area contributed by atoms with E-state index in [9.17, 15) is 4.79 Å². The molecule has 0 aliphatic heterocycles. The van der Waals surface area contributed by atoms with Gasteiger partial charge in [-0.3, -0.25) is 4.79 Å². The van der Waals surface area contributed by atoms with Crippen LogP contribution in [0, 0.1) is 5.41 Å². The number of esters is 1. The second-order valence-electron chi connectivity index (χ2n) is 5.91. The molecule has 118 valence electrons. The summed E-state index contributed by atoms with van der Waals surface area (Å²) in [5.41, 5.74) is 0.811. The maximum absolute atomic E-state index is 11.7. The molecule has 0 radical (unpaired) electrons. The number of thioether (sulfide) groups is 1. The van der Waals surface area contributed by atoms with E-state index < -0.39 is 5.41 Å². The Morgan fingerprint density at radius 1 is 1.43 bits per heavy atom. The van der Waals surface area contributed by atoms with Crippen LogP contribution in [-0.2, 0) is 9.53 Å². The number of nitrogens with one attached hydrogen (secondary N) is 1. The molecule has 0 spiro atoms. The highest BCUT2D eigenvalue weighted by Gasteiger charge is 2.28. The van der Waals surface area contributed by atoms with Crippen LogP contribution in [0.15, 0.2) is 29.2 Å². The molecular weight excluding hydrogens is 282 g/mol. The maximum Gasteiger partial charge on any atom is 0.312 e. The van der Waals surface area contributed by atoms with Gasteiger partial charge in [0, 0.05) is 16.7 Å². The summed E-state index contributed by atoms with van der Waals surface area (Å²) in [5, 5.41) is 3.49. The molecule has 0 bridgehead atoms. The Hall–Kier alpha value is -1.00. The third-order valence-electron chi connectivity index (χ3n) is 3.40. The molecule has 0 fully saturated rings. The predicted octanol–water partition coefficient (Wildman–Crippen LogP) is 4.04. The number of hydrogen-bond acceptors (Lipinski definition) is 4. The molecular formula is C17H27NO2S. The van der Waals surface area contributed by atoms with Crippen LogP contribution in [0.25, 0.3) is 0 Å². The average Bonchev–Trinajstić information content (AvgIpc) is 2.50. The Labute approximate surface area is 132 Å². The van der Waals surface area contributed by atoms with Gasteiger partial charge in [-0.1, -0.05) is 19.1 Å².